The third kappa shape index (κ3) is 4.80. The lowest BCUT2D eigenvalue weighted by molar-refractivity contribution is -0.107. The molecule has 1 heterocycles. The summed E-state index contributed by atoms with van der Waals surface area (Å²) in [7, 11) is 0. The fourth-order valence-electron chi connectivity index (χ4n) is 0.935. The number of thioether (sulfide) groups is 3. The molecule has 1 saturated heterocycles. The van der Waals surface area contributed by atoms with Crippen LogP contribution in [0.15, 0.2) is 12.2 Å². The molecule has 1 fully saturated rings. The molecule has 14 heavy (non-hydrogen) atoms. The number of carbonyl (C=O) groups excluding carboxylic acids is 1. The molecule has 1 aliphatic heterocycles. The first-order valence-corrected chi connectivity index (χ1v) is 7.17. The first-order chi connectivity index (χ1) is 6.09. The topological polar surface area (TPSA) is 17.1 Å². The molecule has 1 rings (SSSR count). The van der Waals surface area contributed by atoms with E-state index in [9.17, 15) is 4.79 Å². The minimum atomic E-state index is 0. The maximum Gasteiger partial charge on any atom is 0.214 e. The van der Waals surface area contributed by atoms with Gasteiger partial charge in [-0.15, -0.1) is 23.5 Å². The van der Waals surface area contributed by atoms with Crippen molar-refractivity contribution in [1.82, 2.24) is 0 Å². The van der Waals surface area contributed by atoms with E-state index < -0.39 is 0 Å². The molecule has 0 aromatic carbocycles. The molecule has 82 valence electrons. The van der Waals surface area contributed by atoms with Gasteiger partial charge in [0, 0.05) is 16.8 Å². The summed E-state index contributed by atoms with van der Waals surface area (Å²) in [5, 5.41) is 0.885. The third-order valence-electron chi connectivity index (χ3n) is 1.60. The van der Waals surface area contributed by atoms with E-state index in [1.807, 2.05) is 23.5 Å². The van der Waals surface area contributed by atoms with E-state index in [2.05, 4.69) is 13.5 Å². The molecule has 0 N–H and O–H groups in total. The highest BCUT2D eigenvalue weighted by atomic mass is 32.2. The average molecular weight is 250 g/mol. The van der Waals surface area contributed by atoms with Crippen molar-refractivity contribution in [3.8, 4) is 0 Å². The SMILES string of the molecule is C.C=C(C)C(=O)SCC1SCC(C)S1. The molecule has 0 saturated carbocycles. The van der Waals surface area contributed by atoms with Crippen molar-refractivity contribution in [2.24, 2.45) is 0 Å². The van der Waals surface area contributed by atoms with Crippen LogP contribution < -0.4 is 0 Å². The summed E-state index contributed by atoms with van der Waals surface area (Å²) in [6.07, 6.45) is 0. The van der Waals surface area contributed by atoms with Crippen molar-refractivity contribution >= 4 is 40.4 Å². The van der Waals surface area contributed by atoms with Gasteiger partial charge in [-0.25, -0.2) is 0 Å². The first kappa shape index (κ1) is 14.5. The summed E-state index contributed by atoms with van der Waals surface area (Å²) in [6, 6.07) is 0. The van der Waals surface area contributed by atoms with Gasteiger partial charge in [0.05, 0.1) is 4.58 Å². The monoisotopic (exact) mass is 250 g/mol. The Bertz CT molecular complexity index is 215. The quantitative estimate of drug-likeness (QED) is 0.711. The van der Waals surface area contributed by atoms with Crippen molar-refractivity contribution in [3.63, 3.8) is 0 Å². The Morgan fingerprint density at radius 3 is 2.71 bits per heavy atom. The normalized spacial score (nSPS) is 25.6. The Morgan fingerprint density at radius 1 is 1.64 bits per heavy atom. The zero-order valence-electron chi connectivity index (χ0n) is 7.91. The molecule has 0 radical (unpaired) electrons. The van der Waals surface area contributed by atoms with Gasteiger partial charge >= 0.3 is 0 Å². The zero-order chi connectivity index (χ0) is 9.84. The van der Waals surface area contributed by atoms with E-state index in [1.54, 1.807) is 6.92 Å². The van der Waals surface area contributed by atoms with Crippen LogP contribution in [0.25, 0.3) is 0 Å². The minimum absolute atomic E-state index is 0. The highest BCUT2D eigenvalue weighted by Gasteiger charge is 2.23. The number of hydrogen-bond acceptors (Lipinski definition) is 4. The number of rotatable bonds is 3. The van der Waals surface area contributed by atoms with Gasteiger partial charge in [0.15, 0.2) is 0 Å². The second-order valence-electron chi connectivity index (χ2n) is 3.09. The smallest absolute Gasteiger partial charge is 0.214 e. The van der Waals surface area contributed by atoms with Gasteiger partial charge in [0.2, 0.25) is 5.12 Å². The molecular formula is C10H18OS3. The van der Waals surface area contributed by atoms with Crippen LogP contribution in [0, 0.1) is 0 Å². The number of hydrogen-bond donors (Lipinski definition) is 0. The fourth-order valence-corrected chi connectivity index (χ4v) is 5.25. The van der Waals surface area contributed by atoms with E-state index in [0.29, 0.717) is 10.2 Å². The van der Waals surface area contributed by atoms with Gasteiger partial charge in [0.25, 0.3) is 0 Å². The maximum atomic E-state index is 11.2. The molecular weight excluding hydrogens is 232 g/mol. The van der Waals surface area contributed by atoms with Crippen LogP contribution in [0.5, 0.6) is 0 Å². The van der Waals surface area contributed by atoms with Gasteiger partial charge in [-0.05, 0) is 12.5 Å². The van der Waals surface area contributed by atoms with Crippen LogP contribution in [0.2, 0.25) is 0 Å². The lowest BCUT2D eigenvalue weighted by Crippen LogP contribution is -2.01. The molecule has 0 aromatic heterocycles. The van der Waals surface area contributed by atoms with Crippen LogP contribution in [0.3, 0.4) is 0 Å². The molecule has 0 aliphatic carbocycles. The Labute approximate surface area is 99.9 Å². The molecule has 4 heteroatoms. The van der Waals surface area contributed by atoms with Gasteiger partial charge in [-0.2, -0.15) is 0 Å². The summed E-state index contributed by atoms with van der Waals surface area (Å²) in [6.45, 7) is 7.64. The molecule has 0 aromatic rings. The van der Waals surface area contributed by atoms with Crippen LogP contribution >= 0.6 is 35.3 Å². The van der Waals surface area contributed by atoms with Crippen LogP contribution in [-0.2, 0) is 4.79 Å². The van der Waals surface area contributed by atoms with E-state index in [0.717, 1.165) is 11.0 Å². The first-order valence-electron chi connectivity index (χ1n) is 4.19. The minimum Gasteiger partial charge on any atom is -0.282 e. The molecule has 0 spiro atoms. The second-order valence-corrected chi connectivity index (χ2v) is 7.26. The summed E-state index contributed by atoms with van der Waals surface area (Å²) in [5.74, 6) is 2.14. The Balaban J connectivity index is 0.00000169. The van der Waals surface area contributed by atoms with E-state index in [4.69, 9.17) is 0 Å². The molecule has 2 unspecified atom stereocenters. The fraction of sp³-hybridized carbons (Fsp3) is 0.700. The molecule has 0 amide bonds. The predicted molar refractivity (Wildman–Crippen MR) is 72.3 cm³/mol. The van der Waals surface area contributed by atoms with E-state index in [-0.39, 0.29) is 12.5 Å². The van der Waals surface area contributed by atoms with Gasteiger partial charge < -0.3 is 0 Å². The van der Waals surface area contributed by atoms with Crippen molar-refractivity contribution < 1.29 is 4.79 Å². The Hall–Kier alpha value is 0.460. The third-order valence-corrected chi connectivity index (χ3v) is 6.42. The van der Waals surface area contributed by atoms with Crippen molar-refractivity contribution in [3.05, 3.63) is 12.2 Å². The van der Waals surface area contributed by atoms with Crippen molar-refractivity contribution in [1.29, 1.82) is 0 Å². The molecule has 1 nitrogen and oxygen atoms in total. The summed E-state index contributed by atoms with van der Waals surface area (Å²) < 4.78 is 0.600. The van der Waals surface area contributed by atoms with E-state index >= 15 is 0 Å². The van der Waals surface area contributed by atoms with Crippen LogP contribution in [0.1, 0.15) is 21.3 Å². The van der Waals surface area contributed by atoms with E-state index in [1.165, 1.54) is 17.5 Å². The van der Waals surface area contributed by atoms with Crippen molar-refractivity contribution in [2.75, 3.05) is 11.5 Å². The van der Waals surface area contributed by atoms with Crippen molar-refractivity contribution in [2.45, 2.75) is 31.1 Å². The Kier molecular flexibility index (Phi) is 7.08. The summed E-state index contributed by atoms with van der Waals surface area (Å²) >= 11 is 5.35. The molecule has 2 atom stereocenters. The molecule has 1 aliphatic rings. The lowest BCUT2D eigenvalue weighted by atomic mass is 10.4. The zero-order valence-corrected chi connectivity index (χ0v) is 10.4. The summed E-state index contributed by atoms with van der Waals surface area (Å²) in [4.78, 5) is 11.2. The Morgan fingerprint density at radius 2 is 2.29 bits per heavy atom. The van der Waals surface area contributed by atoms with Crippen LogP contribution in [-0.4, -0.2) is 26.5 Å². The average Bonchev–Trinajstić information content (AvgIpc) is 2.47. The van der Waals surface area contributed by atoms with Gasteiger partial charge in [-0.1, -0.05) is 32.7 Å². The maximum absolute atomic E-state index is 11.2. The highest BCUT2D eigenvalue weighted by molar-refractivity contribution is 8.22. The van der Waals surface area contributed by atoms with Gasteiger partial charge in [0.1, 0.15) is 0 Å². The predicted octanol–water partition coefficient (Wildman–Crippen LogP) is 3.65. The highest BCUT2D eigenvalue weighted by Crippen LogP contribution is 2.39. The number of carbonyl (C=O) groups is 1. The van der Waals surface area contributed by atoms with Crippen LogP contribution in [0.4, 0.5) is 0 Å². The largest absolute Gasteiger partial charge is 0.282 e. The van der Waals surface area contributed by atoms with Gasteiger partial charge in [-0.3, -0.25) is 4.79 Å². The summed E-state index contributed by atoms with van der Waals surface area (Å²) in [5.41, 5.74) is 0.658. The lowest BCUT2D eigenvalue weighted by Gasteiger charge is -2.06. The molecule has 0 bridgehead atoms. The second kappa shape index (κ2) is 6.85. The standard InChI is InChI=1S/C9H14OS3.CH4/c1-6(2)9(10)12-5-8-11-4-7(3)13-8;/h7-8H,1,4-5H2,2-3H3;1H4.